The average Bonchev–Trinajstić information content (AvgIpc) is 3.03. The highest BCUT2D eigenvalue weighted by molar-refractivity contribution is 6.35. The molecule has 0 amide bonds. The molecule has 0 aliphatic rings. The maximum atomic E-state index is 6.32. The summed E-state index contributed by atoms with van der Waals surface area (Å²) >= 11 is 12.3. The van der Waals surface area contributed by atoms with Crippen LogP contribution in [0.4, 0.5) is 0 Å². The topological polar surface area (TPSA) is 17.8 Å². The summed E-state index contributed by atoms with van der Waals surface area (Å²) in [4.78, 5) is 4.11. The predicted molar refractivity (Wildman–Crippen MR) is 97.7 cm³/mol. The summed E-state index contributed by atoms with van der Waals surface area (Å²) in [5.41, 5.74) is 4.51. The number of hydrogen-bond donors (Lipinski definition) is 0. The first kappa shape index (κ1) is 15.9. The molecule has 3 aromatic rings. The number of allylic oxidation sites excluding steroid dienone is 1. The van der Waals surface area contributed by atoms with Crippen LogP contribution in [0.15, 0.2) is 61.2 Å². The monoisotopic (exact) mass is 342 g/mol. The minimum absolute atomic E-state index is 0.638. The highest BCUT2D eigenvalue weighted by Crippen LogP contribution is 2.27. The number of benzene rings is 2. The van der Waals surface area contributed by atoms with E-state index in [1.54, 1.807) is 12.3 Å². The summed E-state index contributed by atoms with van der Waals surface area (Å²) in [6.07, 6.45) is 7.64. The van der Waals surface area contributed by atoms with E-state index in [4.69, 9.17) is 23.2 Å². The second-order valence-corrected chi connectivity index (χ2v) is 6.28. The number of rotatable bonds is 4. The first-order chi connectivity index (χ1) is 11.1. The third-order valence-corrected chi connectivity index (χ3v) is 4.19. The number of aromatic nitrogens is 2. The SMILES string of the molecule is Cc1ccc(C(=Cc2ccc(Cl)cc2Cl)Cn2ccnc2)cc1. The molecule has 0 radical (unpaired) electrons. The lowest BCUT2D eigenvalue weighted by atomic mass is 10.0. The molecule has 0 saturated carbocycles. The lowest BCUT2D eigenvalue weighted by molar-refractivity contribution is 0.836. The van der Waals surface area contributed by atoms with E-state index in [9.17, 15) is 0 Å². The Morgan fingerprint density at radius 2 is 1.91 bits per heavy atom. The summed E-state index contributed by atoms with van der Waals surface area (Å²) in [6.45, 7) is 2.81. The minimum Gasteiger partial charge on any atom is -0.333 e. The molecule has 0 bridgehead atoms. The fraction of sp³-hybridized carbons (Fsp3) is 0.105. The summed E-state index contributed by atoms with van der Waals surface area (Å²) in [5, 5.41) is 1.28. The third kappa shape index (κ3) is 4.04. The summed E-state index contributed by atoms with van der Waals surface area (Å²) in [6, 6.07) is 14.0. The van der Waals surface area contributed by atoms with Crippen molar-refractivity contribution < 1.29 is 0 Å². The maximum Gasteiger partial charge on any atom is 0.0949 e. The van der Waals surface area contributed by atoms with Crippen molar-refractivity contribution in [3.05, 3.63) is 87.9 Å². The van der Waals surface area contributed by atoms with Crippen LogP contribution < -0.4 is 0 Å². The molecule has 1 heterocycles. The van der Waals surface area contributed by atoms with Gasteiger partial charge in [-0.15, -0.1) is 0 Å². The predicted octanol–water partition coefficient (Wildman–Crippen LogP) is 5.74. The van der Waals surface area contributed by atoms with Crippen molar-refractivity contribution in [2.24, 2.45) is 0 Å². The number of aryl methyl sites for hydroxylation is 1. The molecular weight excluding hydrogens is 327 g/mol. The van der Waals surface area contributed by atoms with Crippen molar-refractivity contribution in [3.63, 3.8) is 0 Å². The summed E-state index contributed by atoms with van der Waals surface area (Å²) in [5.74, 6) is 0. The van der Waals surface area contributed by atoms with Crippen LogP contribution in [0.25, 0.3) is 11.6 Å². The Balaban J connectivity index is 2.03. The molecule has 0 N–H and O–H groups in total. The quantitative estimate of drug-likeness (QED) is 0.553. The normalized spacial score (nSPS) is 11.7. The second-order valence-electron chi connectivity index (χ2n) is 5.44. The summed E-state index contributed by atoms with van der Waals surface area (Å²) in [7, 11) is 0. The number of nitrogens with zero attached hydrogens (tertiary/aromatic N) is 2. The van der Waals surface area contributed by atoms with Gasteiger partial charge in [-0.3, -0.25) is 0 Å². The van der Waals surface area contributed by atoms with Gasteiger partial charge < -0.3 is 4.57 Å². The molecule has 3 rings (SSSR count). The molecule has 116 valence electrons. The minimum atomic E-state index is 0.638. The lowest BCUT2D eigenvalue weighted by Gasteiger charge is -2.11. The van der Waals surface area contributed by atoms with Gasteiger partial charge in [-0.2, -0.15) is 0 Å². The molecule has 0 aliphatic heterocycles. The molecular formula is C19H16Cl2N2. The van der Waals surface area contributed by atoms with Crippen LogP contribution in [0.3, 0.4) is 0 Å². The Morgan fingerprint density at radius 3 is 2.57 bits per heavy atom. The van der Waals surface area contributed by atoms with Crippen LogP contribution in [0.2, 0.25) is 10.0 Å². The Kier molecular flexibility index (Phi) is 4.85. The first-order valence-corrected chi connectivity index (χ1v) is 8.06. The van der Waals surface area contributed by atoms with Crippen molar-refractivity contribution in [1.29, 1.82) is 0 Å². The van der Waals surface area contributed by atoms with Gasteiger partial charge in [0.25, 0.3) is 0 Å². The molecule has 0 atom stereocenters. The Hall–Kier alpha value is -2.03. The van der Waals surface area contributed by atoms with Gasteiger partial charge in [0.1, 0.15) is 0 Å². The van der Waals surface area contributed by atoms with Crippen molar-refractivity contribution >= 4 is 34.9 Å². The zero-order chi connectivity index (χ0) is 16.2. The van der Waals surface area contributed by atoms with Crippen molar-refractivity contribution in [2.45, 2.75) is 13.5 Å². The van der Waals surface area contributed by atoms with E-state index in [1.165, 1.54) is 5.56 Å². The van der Waals surface area contributed by atoms with Gasteiger partial charge in [0.15, 0.2) is 0 Å². The van der Waals surface area contributed by atoms with Gasteiger partial charge in [-0.05, 0) is 41.8 Å². The fourth-order valence-corrected chi connectivity index (χ4v) is 2.83. The maximum absolute atomic E-state index is 6.32. The van der Waals surface area contributed by atoms with Crippen LogP contribution in [-0.2, 0) is 6.54 Å². The van der Waals surface area contributed by atoms with Gasteiger partial charge in [0, 0.05) is 29.0 Å². The number of hydrogen-bond acceptors (Lipinski definition) is 1. The van der Waals surface area contributed by atoms with Gasteiger partial charge in [0.2, 0.25) is 0 Å². The number of halogens is 2. The smallest absolute Gasteiger partial charge is 0.0949 e. The molecule has 2 aromatic carbocycles. The molecule has 1 aromatic heterocycles. The van der Waals surface area contributed by atoms with Crippen LogP contribution in [0, 0.1) is 6.92 Å². The second kappa shape index (κ2) is 7.03. The molecule has 0 fully saturated rings. The molecule has 23 heavy (non-hydrogen) atoms. The van der Waals surface area contributed by atoms with Crippen molar-refractivity contribution in [1.82, 2.24) is 9.55 Å². The summed E-state index contributed by atoms with van der Waals surface area (Å²) < 4.78 is 2.04. The molecule has 0 aliphatic carbocycles. The van der Waals surface area contributed by atoms with E-state index in [0.717, 1.165) is 23.2 Å². The van der Waals surface area contributed by atoms with E-state index < -0.39 is 0 Å². The molecule has 0 spiro atoms. The lowest BCUT2D eigenvalue weighted by Crippen LogP contribution is -1.98. The van der Waals surface area contributed by atoms with Gasteiger partial charge >= 0.3 is 0 Å². The van der Waals surface area contributed by atoms with Gasteiger partial charge in [0.05, 0.1) is 6.33 Å². The van der Waals surface area contributed by atoms with Gasteiger partial charge in [-0.1, -0.05) is 59.1 Å². The molecule has 2 nitrogen and oxygen atoms in total. The third-order valence-electron chi connectivity index (χ3n) is 3.63. The van der Waals surface area contributed by atoms with Crippen molar-refractivity contribution in [3.8, 4) is 0 Å². The van der Waals surface area contributed by atoms with Gasteiger partial charge in [-0.25, -0.2) is 4.98 Å². The molecule has 4 heteroatoms. The van der Waals surface area contributed by atoms with Crippen LogP contribution in [0.5, 0.6) is 0 Å². The molecule has 0 unspecified atom stereocenters. The van der Waals surface area contributed by atoms with E-state index in [2.05, 4.69) is 42.2 Å². The zero-order valence-electron chi connectivity index (χ0n) is 12.7. The zero-order valence-corrected chi connectivity index (χ0v) is 14.2. The Labute approximate surface area is 146 Å². The largest absolute Gasteiger partial charge is 0.333 e. The first-order valence-electron chi connectivity index (χ1n) is 7.30. The fourth-order valence-electron chi connectivity index (χ4n) is 2.37. The highest BCUT2D eigenvalue weighted by Gasteiger charge is 2.06. The van der Waals surface area contributed by atoms with Crippen molar-refractivity contribution in [2.75, 3.05) is 0 Å². The highest BCUT2D eigenvalue weighted by atomic mass is 35.5. The van der Waals surface area contributed by atoms with E-state index in [-0.39, 0.29) is 0 Å². The van der Waals surface area contributed by atoms with E-state index in [0.29, 0.717) is 10.0 Å². The van der Waals surface area contributed by atoms with Crippen LogP contribution in [-0.4, -0.2) is 9.55 Å². The standard InChI is InChI=1S/C19H16Cl2N2/c1-14-2-4-15(5-3-14)17(12-23-9-8-22-13-23)10-16-6-7-18(20)11-19(16)21/h2-11,13H,12H2,1H3. The van der Waals surface area contributed by atoms with E-state index >= 15 is 0 Å². The van der Waals surface area contributed by atoms with E-state index in [1.807, 2.05) is 29.2 Å². The number of imidazole rings is 1. The van der Waals surface area contributed by atoms with Crippen LogP contribution in [0.1, 0.15) is 16.7 Å². The Morgan fingerprint density at radius 1 is 1.13 bits per heavy atom. The molecule has 0 saturated heterocycles. The Bertz CT molecular complexity index is 819. The average molecular weight is 343 g/mol. The van der Waals surface area contributed by atoms with Crippen LogP contribution >= 0.6 is 23.2 Å².